The fourth-order valence-electron chi connectivity index (χ4n) is 2.15. The van der Waals surface area contributed by atoms with Crippen molar-refractivity contribution in [1.29, 1.82) is 0 Å². The largest absolute Gasteiger partial charge is 0.459 e. The van der Waals surface area contributed by atoms with Crippen LogP contribution in [-0.4, -0.2) is 17.9 Å². The fraction of sp³-hybridized carbons (Fsp3) is 0.263. The molecule has 0 aliphatic heterocycles. The van der Waals surface area contributed by atoms with Gasteiger partial charge in [0.05, 0.1) is 0 Å². The summed E-state index contributed by atoms with van der Waals surface area (Å²) in [6, 6.07) is 9.77. The Morgan fingerprint density at radius 3 is 2.00 bits per heavy atom. The average molecular weight is 347 g/mol. The lowest BCUT2D eigenvalue weighted by molar-refractivity contribution is -0.148. The smallest absolute Gasteiger partial charge is 0.329 e. The van der Waals surface area contributed by atoms with Gasteiger partial charge in [-0.05, 0) is 47.9 Å². The van der Waals surface area contributed by atoms with E-state index in [0.717, 1.165) is 0 Å². The molecule has 2 aromatic carbocycles. The molecule has 1 amide bonds. The second-order valence-electron chi connectivity index (χ2n) is 5.94. The van der Waals surface area contributed by atoms with Crippen LogP contribution in [-0.2, 0) is 16.1 Å². The number of ether oxygens (including phenoxy) is 1. The van der Waals surface area contributed by atoms with Crippen LogP contribution in [0.3, 0.4) is 0 Å². The minimum absolute atomic E-state index is 0.0191. The maximum Gasteiger partial charge on any atom is 0.329 e. The lowest BCUT2D eigenvalue weighted by atomic mass is 10.0. The van der Waals surface area contributed by atoms with Gasteiger partial charge in [-0.1, -0.05) is 26.0 Å². The van der Waals surface area contributed by atoms with Crippen LogP contribution in [0.1, 0.15) is 29.8 Å². The Morgan fingerprint density at radius 2 is 1.48 bits per heavy atom. The van der Waals surface area contributed by atoms with Crippen molar-refractivity contribution in [2.45, 2.75) is 26.5 Å². The molecule has 0 spiro atoms. The number of hydrogen-bond acceptors (Lipinski definition) is 3. The van der Waals surface area contributed by atoms with Crippen LogP contribution in [0.25, 0.3) is 0 Å². The summed E-state index contributed by atoms with van der Waals surface area (Å²) in [4.78, 5) is 24.5. The van der Waals surface area contributed by atoms with Gasteiger partial charge < -0.3 is 10.1 Å². The molecule has 1 N–H and O–H groups in total. The first-order valence-electron chi connectivity index (χ1n) is 7.84. The Labute approximate surface area is 144 Å². The van der Waals surface area contributed by atoms with Gasteiger partial charge in [0.2, 0.25) is 0 Å². The number of hydrogen-bond donors (Lipinski definition) is 1. The van der Waals surface area contributed by atoms with Crippen LogP contribution in [0.4, 0.5) is 8.78 Å². The number of esters is 1. The highest BCUT2D eigenvalue weighted by molar-refractivity contribution is 5.96. The number of halogens is 2. The van der Waals surface area contributed by atoms with Gasteiger partial charge in [0.1, 0.15) is 24.3 Å². The van der Waals surface area contributed by atoms with E-state index in [9.17, 15) is 18.4 Å². The molecule has 2 aromatic rings. The van der Waals surface area contributed by atoms with Crippen molar-refractivity contribution in [1.82, 2.24) is 5.32 Å². The molecular weight excluding hydrogens is 328 g/mol. The SMILES string of the molecule is CC(C)C(NC(=O)c1ccc(F)cc1)C(=O)OCc1ccc(F)cc1. The third kappa shape index (κ3) is 5.38. The molecule has 4 nitrogen and oxygen atoms in total. The summed E-state index contributed by atoms with van der Waals surface area (Å²) >= 11 is 0. The molecule has 0 fully saturated rings. The topological polar surface area (TPSA) is 55.4 Å². The van der Waals surface area contributed by atoms with Crippen molar-refractivity contribution >= 4 is 11.9 Å². The van der Waals surface area contributed by atoms with Crippen molar-refractivity contribution in [2.24, 2.45) is 5.92 Å². The third-order valence-electron chi connectivity index (χ3n) is 3.61. The van der Waals surface area contributed by atoms with Crippen molar-refractivity contribution in [3.63, 3.8) is 0 Å². The Balaban J connectivity index is 1.98. The number of rotatable bonds is 6. The molecule has 0 aliphatic carbocycles. The quantitative estimate of drug-likeness (QED) is 0.814. The number of carbonyl (C=O) groups excluding carboxylic acids is 2. The third-order valence-corrected chi connectivity index (χ3v) is 3.61. The number of amides is 1. The molecule has 0 saturated carbocycles. The zero-order valence-corrected chi connectivity index (χ0v) is 14.0. The molecule has 0 aliphatic rings. The Morgan fingerprint density at radius 1 is 0.960 bits per heavy atom. The van der Waals surface area contributed by atoms with E-state index in [1.165, 1.54) is 48.5 Å². The van der Waals surface area contributed by atoms with Gasteiger partial charge in [0.15, 0.2) is 0 Å². The molecular formula is C19H19F2NO3. The Hall–Kier alpha value is -2.76. The monoisotopic (exact) mass is 347 g/mol. The van der Waals surface area contributed by atoms with E-state index >= 15 is 0 Å². The first-order chi connectivity index (χ1) is 11.9. The number of benzene rings is 2. The summed E-state index contributed by atoms with van der Waals surface area (Å²) in [6.07, 6.45) is 0. The highest BCUT2D eigenvalue weighted by Crippen LogP contribution is 2.10. The van der Waals surface area contributed by atoms with E-state index in [4.69, 9.17) is 4.74 Å². The molecule has 1 atom stereocenters. The number of carbonyl (C=O) groups is 2. The molecule has 0 aromatic heterocycles. The van der Waals surface area contributed by atoms with E-state index in [0.29, 0.717) is 5.56 Å². The van der Waals surface area contributed by atoms with Gasteiger partial charge in [-0.2, -0.15) is 0 Å². The molecule has 0 radical (unpaired) electrons. The Kier molecular flexibility index (Phi) is 6.22. The maximum absolute atomic E-state index is 12.9. The predicted octanol–water partition coefficient (Wildman–Crippen LogP) is 3.46. The first-order valence-corrected chi connectivity index (χ1v) is 7.84. The minimum atomic E-state index is -0.849. The zero-order valence-electron chi connectivity index (χ0n) is 14.0. The van der Waals surface area contributed by atoms with Gasteiger partial charge >= 0.3 is 5.97 Å². The fourth-order valence-corrected chi connectivity index (χ4v) is 2.15. The Bertz CT molecular complexity index is 727. The summed E-state index contributed by atoms with van der Waals surface area (Å²) in [7, 11) is 0. The van der Waals surface area contributed by atoms with Crippen molar-refractivity contribution in [3.05, 3.63) is 71.3 Å². The molecule has 6 heteroatoms. The summed E-state index contributed by atoms with van der Waals surface area (Å²) < 4.78 is 31.0. The highest BCUT2D eigenvalue weighted by atomic mass is 19.1. The van der Waals surface area contributed by atoms with Gasteiger partial charge in [0.25, 0.3) is 5.91 Å². The molecule has 0 bridgehead atoms. The molecule has 2 rings (SSSR count). The molecule has 1 unspecified atom stereocenters. The molecule has 25 heavy (non-hydrogen) atoms. The molecule has 0 heterocycles. The van der Waals surface area contributed by atoms with E-state index in [1.54, 1.807) is 13.8 Å². The van der Waals surface area contributed by atoms with E-state index in [1.807, 2.05) is 0 Å². The lowest BCUT2D eigenvalue weighted by Gasteiger charge is -2.21. The standard InChI is InChI=1S/C19H19F2NO3/c1-12(2)17(22-18(23)14-5-9-16(21)10-6-14)19(24)25-11-13-3-7-15(20)8-4-13/h3-10,12,17H,11H2,1-2H3,(H,22,23). The van der Waals surface area contributed by atoms with Gasteiger partial charge in [-0.15, -0.1) is 0 Å². The van der Waals surface area contributed by atoms with E-state index < -0.39 is 23.7 Å². The zero-order chi connectivity index (χ0) is 18.4. The van der Waals surface area contributed by atoms with Crippen LogP contribution in [0.2, 0.25) is 0 Å². The summed E-state index contributed by atoms with van der Waals surface area (Å²) in [5.41, 5.74) is 0.889. The minimum Gasteiger partial charge on any atom is -0.459 e. The van der Waals surface area contributed by atoms with E-state index in [2.05, 4.69) is 5.32 Å². The summed E-state index contributed by atoms with van der Waals surface area (Å²) in [5.74, 6) is -2.10. The van der Waals surface area contributed by atoms with Crippen LogP contribution >= 0.6 is 0 Å². The number of nitrogens with one attached hydrogen (secondary N) is 1. The van der Waals surface area contributed by atoms with Crippen LogP contribution in [0, 0.1) is 17.6 Å². The summed E-state index contributed by atoms with van der Waals surface area (Å²) in [6.45, 7) is 3.53. The van der Waals surface area contributed by atoms with Crippen molar-refractivity contribution in [2.75, 3.05) is 0 Å². The lowest BCUT2D eigenvalue weighted by Crippen LogP contribution is -2.45. The van der Waals surface area contributed by atoms with Crippen LogP contribution in [0.15, 0.2) is 48.5 Å². The molecule has 132 valence electrons. The van der Waals surface area contributed by atoms with Crippen molar-refractivity contribution < 1.29 is 23.1 Å². The predicted molar refractivity (Wildman–Crippen MR) is 88.7 cm³/mol. The second kappa shape index (κ2) is 8.37. The van der Waals surface area contributed by atoms with E-state index in [-0.39, 0.29) is 23.9 Å². The highest BCUT2D eigenvalue weighted by Gasteiger charge is 2.26. The first kappa shape index (κ1) is 18.6. The van der Waals surface area contributed by atoms with Gasteiger partial charge in [0, 0.05) is 5.56 Å². The van der Waals surface area contributed by atoms with Gasteiger partial charge in [-0.3, -0.25) is 4.79 Å². The molecule has 0 saturated heterocycles. The van der Waals surface area contributed by atoms with Crippen LogP contribution < -0.4 is 5.32 Å². The van der Waals surface area contributed by atoms with Gasteiger partial charge in [-0.25, -0.2) is 13.6 Å². The average Bonchev–Trinajstić information content (AvgIpc) is 2.59. The van der Waals surface area contributed by atoms with Crippen LogP contribution in [0.5, 0.6) is 0 Å². The maximum atomic E-state index is 12.9. The normalized spacial score (nSPS) is 11.9. The summed E-state index contributed by atoms with van der Waals surface area (Å²) in [5, 5.41) is 2.60. The second-order valence-corrected chi connectivity index (χ2v) is 5.94. The van der Waals surface area contributed by atoms with Crippen molar-refractivity contribution in [3.8, 4) is 0 Å².